The van der Waals surface area contributed by atoms with E-state index in [-0.39, 0.29) is 12.7 Å². The standard InChI is InChI=1S/C25H24N2O3/c1-3-17-4-6-18(7-5-17)20-9-11-23(26-16(20)2)27-24(28)25(12-13-25)19-8-10-21-22(14-19)30-15-29-21/h4-11,14H,3,12-13,15H2,1-2H3,(H,26,27,28). The van der Waals surface area contributed by atoms with Crippen molar-refractivity contribution in [3.63, 3.8) is 0 Å². The van der Waals surface area contributed by atoms with Gasteiger partial charge in [0.2, 0.25) is 12.7 Å². The van der Waals surface area contributed by atoms with Gasteiger partial charge in [0.1, 0.15) is 5.82 Å². The Balaban J connectivity index is 1.35. The number of carbonyl (C=O) groups excluding carboxylic acids is 1. The average molecular weight is 400 g/mol. The van der Waals surface area contributed by atoms with Crippen LogP contribution in [0.4, 0.5) is 5.82 Å². The van der Waals surface area contributed by atoms with E-state index < -0.39 is 5.41 Å². The smallest absolute Gasteiger partial charge is 0.236 e. The molecule has 30 heavy (non-hydrogen) atoms. The van der Waals surface area contributed by atoms with Crippen LogP contribution in [0.25, 0.3) is 11.1 Å². The molecule has 3 aromatic rings. The van der Waals surface area contributed by atoms with E-state index in [1.807, 2.05) is 37.3 Å². The van der Waals surface area contributed by atoms with Crippen LogP contribution in [0.5, 0.6) is 11.5 Å². The zero-order valence-electron chi connectivity index (χ0n) is 17.2. The highest BCUT2D eigenvalue weighted by Gasteiger charge is 2.51. The number of aryl methyl sites for hydroxylation is 2. The van der Waals surface area contributed by atoms with Gasteiger partial charge in [0.05, 0.1) is 5.41 Å². The first-order chi connectivity index (χ1) is 14.6. The Morgan fingerprint density at radius 3 is 2.50 bits per heavy atom. The van der Waals surface area contributed by atoms with Crippen LogP contribution in [0.2, 0.25) is 0 Å². The first-order valence-electron chi connectivity index (χ1n) is 10.4. The number of nitrogens with one attached hydrogen (secondary N) is 1. The summed E-state index contributed by atoms with van der Waals surface area (Å²) in [5, 5.41) is 3.03. The third-order valence-electron chi connectivity index (χ3n) is 6.11. The predicted molar refractivity (Wildman–Crippen MR) is 116 cm³/mol. The zero-order chi connectivity index (χ0) is 20.7. The molecule has 0 radical (unpaired) electrons. The lowest BCUT2D eigenvalue weighted by Crippen LogP contribution is -2.28. The first kappa shape index (κ1) is 18.7. The van der Waals surface area contributed by atoms with Gasteiger partial charge in [-0.15, -0.1) is 0 Å². The summed E-state index contributed by atoms with van der Waals surface area (Å²) in [5.41, 5.74) is 4.87. The number of benzene rings is 2. The monoisotopic (exact) mass is 400 g/mol. The molecule has 0 saturated heterocycles. The molecule has 0 spiro atoms. The van der Waals surface area contributed by atoms with E-state index in [9.17, 15) is 4.79 Å². The van der Waals surface area contributed by atoms with Crippen LogP contribution in [0.1, 0.15) is 36.6 Å². The fourth-order valence-electron chi connectivity index (χ4n) is 4.06. The SMILES string of the molecule is CCc1ccc(-c2ccc(NC(=O)C3(c4ccc5c(c4)OCO5)CC3)nc2C)cc1. The number of fused-ring (bicyclic) bond motifs is 1. The van der Waals surface area contributed by atoms with Crippen LogP contribution in [-0.4, -0.2) is 17.7 Å². The van der Waals surface area contributed by atoms with Crippen molar-refractivity contribution in [2.75, 3.05) is 12.1 Å². The van der Waals surface area contributed by atoms with E-state index in [0.717, 1.165) is 47.4 Å². The van der Waals surface area contributed by atoms with Gasteiger partial charge in [-0.3, -0.25) is 4.79 Å². The topological polar surface area (TPSA) is 60.5 Å². The number of aromatic nitrogens is 1. The van der Waals surface area contributed by atoms with Crippen LogP contribution < -0.4 is 14.8 Å². The Morgan fingerprint density at radius 2 is 1.80 bits per heavy atom. The summed E-state index contributed by atoms with van der Waals surface area (Å²) < 4.78 is 10.9. The number of amides is 1. The lowest BCUT2D eigenvalue weighted by atomic mass is 9.94. The molecule has 1 amide bonds. The average Bonchev–Trinajstić information content (AvgIpc) is 3.45. The summed E-state index contributed by atoms with van der Waals surface area (Å²) in [6.07, 6.45) is 2.66. The molecule has 152 valence electrons. The number of hydrogen-bond donors (Lipinski definition) is 1. The third kappa shape index (κ3) is 3.20. The Bertz CT molecular complexity index is 1120. The summed E-state index contributed by atoms with van der Waals surface area (Å²) in [4.78, 5) is 17.8. The molecule has 1 aliphatic heterocycles. The second-order valence-corrected chi connectivity index (χ2v) is 7.98. The van der Waals surface area contributed by atoms with Crippen molar-refractivity contribution in [3.05, 3.63) is 71.4 Å². The van der Waals surface area contributed by atoms with E-state index in [1.54, 1.807) is 0 Å². The van der Waals surface area contributed by atoms with Crippen molar-refractivity contribution < 1.29 is 14.3 Å². The maximum atomic E-state index is 13.1. The van der Waals surface area contributed by atoms with Crippen molar-refractivity contribution in [2.24, 2.45) is 0 Å². The number of nitrogens with zero attached hydrogens (tertiary/aromatic N) is 1. The van der Waals surface area contributed by atoms with Crippen molar-refractivity contribution in [2.45, 2.75) is 38.5 Å². The van der Waals surface area contributed by atoms with E-state index in [0.29, 0.717) is 11.6 Å². The Kier molecular flexibility index (Phi) is 4.46. The number of pyridine rings is 1. The lowest BCUT2D eigenvalue weighted by molar-refractivity contribution is -0.118. The van der Waals surface area contributed by atoms with Gasteiger partial charge >= 0.3 is 0 Å². The second kappa shape index (κ2) is 7.17. The van der Waals surface area contributed by atoms with Gasteiger partial charge in [0.25, 0.3) is 0 Å². The number of hydrogen-bond acceptors (Lipinski definition) is 4. The summed E-state index contributed by atoms with van der Waals surface area (Å²) in [5.74, 6) is 2.00. The summed E-state index contributed by atoms with van der Waals surface area (Å²) >= 11 is 0. The van der Waals surface area contributed by atoms with Gasteiger partial charge in [-0.25, -0.2) is 4.98 Å². The van der Waals surface area contributed by atoms with Gasteiger partial charge in [-0.2, -0.15) is 0 Å². The molecule has 1 aromatic heterocycles. The molecule has 0 bridgehead atoms. The van der Waals surface area contributed by atoms with E-state index in [2.05, 4.69) is 41.5 Å². The quantitative estimate of drug-likeness (QED) is 0.653. The van der Waals surface area contributed by atoms with Gasteiger partial charge in [-0.05, 0) is 67.1 Å². The van der Waals surface area contributed by atoms with Gasteiger partial charge in [-0.1, -0.05) is 37.3 Å². The van der Waals surface area contributed by atoms with Crippen molar-refractivity contribution in [3.8, 4) is 22.6 Å². The minimum Gasteiger partial charge on any atom is -0.454 e. The summed E-state index contributed by atoms with van der Waals surface area (Å²) in [6.45, 7) is 4.35. The van der Waals surface area contributed by atoms with E-state index in [1.165, 1.54) is 5.56 Å². The zero-order valence-corrected chi connectivity index (χ0v) is 17.2. The molecule has 1 N–H and O–H groups in total. The molecule has 0 unspecified atom stereocenters. The third-order valence-corrected chi connectivity index (χ3v) is 6.11. The van der Waals surface area contributed by atoms with Crippen LogP contribution >= 0.6 is 0 Å². The van der Waals surface area contributed by atoms with Crippen molar-refractivity contribution in [1.29, 1.82) is 0 Å². The highest BCUT2D eigenvalue weighted by Crippen LogP contribution is 2.51. The predicted octanol–water partition coefficient (Wildman–Crippen LogP) is 5.02. The van der Waals surface area contributed by atoms with Gasteiger partial charge in [0.15, 0.2) is 11.5 Å². The number of anilines is 1. The summed E-state index contributed by atoms with van der Waals surface area (Å²) in [7, 11) is 0. The van der Waals surface area contributed by atoms with Gasteiger partial charge in [0, 0.05) is 11.3 Å². The number of rotatable bonds is 5. The molecular weight excluding hydrogens is 376 g/mol. The normalized spacial score (nSPS) is 15.7. The molecule has 2 aliphatic rings. The molecule has 5 rings (SSSR count). The minimum atomic E-state index is -0.509. The van der Waals surface area contributed by atoms with Crippen LogP contribution in [0.15, 0.2) is 54.6 Å². The maximum Gasteiger partial charge on any atom is 0.236 e. The molecular formula is C25H24N2O3. The van der Waals surface area contributed by atoms with Crippen LogP contribution in [0, 0.1) is 6.92 Å². The molecule has 1 fully saturated rings. The van der Waals surface area contributed by atoms with E-state index in [4.69, 9.17) is 9.47 Å². The second-order valence-electron chi connectivity index (χ2n) is 7.98. The molecule has 5 heteroatoms. The molecule has 1 saturated carbocycles. The summed E-state index contributed by atoms with van der Waals surface area (Å²) in [6, 6.07) is 18.2. The van der Waals surface area contributed by atoms with Gasteiger partial charge < -0.3 is 14.8 Å². The molecule has 5 nitrogen and oxygen atoms in total. The largest absolute Gasteiger partial charge is 0.454 e. The van der Waals surface area contributed by atoms with Crippen molar-refractivity contribution in [1.82, 2.24) is 4.98 Å². The maximum absolute atomic E-state index is 13.1. The van der Waals surface area contributed by atoms with Crippen LogP contribution in [-0.2, 0) is 16.6 Å². The Morgan fingerprint density at radius 1 is 1.03 bits per heavy atom. The Labute approximate surface area is 176 Å². The lowest BCUT2D eigenvalue weighted by Gasteiger charge is -2.16. The molecule has 0 atom stereocenters. The first-order valence-corrected chi connectivity index (χ1v) is 10.4. The highest BCUT2D eigenvalue weighted by molar-refractivity contribution is 6.01. The fourth-order valence-corrected chi connectivity index (χ4v) is 4.06. The molecule has 2 heterocycles. The number of carbonyl (C=O) groups is 1. The molecule has 2 aromatic carbocycles. The van der Waals surface area contributed by atoms with Crippen LogP contribution in [0.3, 0.4) is 0 Å². The fraction of sp³-hybridized carbons (Fsp3) is 0.280. The molecule has 1 aliphatic carbocycles. The minimum absolute atomic E-state index is 0.0201. The van der Waals surface area contributed by atoms with E-state index >= 15 is 0 Å². The Hall–Kier alpha value is -3.34. The number of ether oxygens (including phenoxy) is 2. The highest BCUT2D eigenvalue weighted by atomic mass is 16.7. The van der Waals surface area contributed by atoms with Crippen molar-refractivity contribution >= 4 is 11.7 Å².